The zero-order valence-electron chi connectivity index (χ0n) is 13.1. The number of nitrogens with zero attached hydrogens (tertiary/aromatic N) is 1. The van der Waals surface area contributed by atoms with Crippen LogP contribution in [0.1, 0.15) is 15.9 Å². The van der Waals surface area contributed by atoms with Gasteiger partial charge in [-0.15, -0.1) is 11.8 Å². The third-order valence-corrected chi connectivity index (χ3v) is 4.60. The molecule has 6 heteroatoms. The highest BCUT2D eigenvalue weighted by Crippen LogP contribution is 2.18. The molecular formula is C18H18N2O3S. The van der Waals surface area contributed by atoms with Crippen LogP contribution in [0.4, 0.5) is 10.5 Å². The molecule has 3 rings (SSSR count). The highest BCUT2D eigenvalue weighted by atomic mass is 32.2. The topological polar surface area (TPSA) is 58.6 Å². The van der Waals surface area contributed by atoms with E-state index in [0.717, 1.165) is 23.7 Å². The number of nitrogens with one attached hydrogen (secondary N) is 1. The molecule has 1 aliphatic heterocycles. The summed E-state index contributed by atoms with van der Waals surface area (Å²) in [5.41, 5.74) is 2.15. The van der Waals surface area contributed by atoms with Gasteiger partial charge in [0.2, 0.25) is 0 Å². The summed E-state index contributed by atoms with van der Waals surface area (Å²) in [6.45, 7) is 1.01. The van der Waals surface area contributed by atoms with Crippen LogP contribution < -0.4 is 5.32 Å². The van der Waals surface area contributed by atoms with E-state index in [9.17, 15) is 9.59 Å². The van der Waals surface area contributed by atoms with Crippen molar-refractivity contribution in [2.24, 2.45) is 0 Å². The maximum atomic E-state index is 12.2. The maximum Gasteiger partial charge on any atom is 0.411 e. The van der Waals surface area contributed by atoms with Gasteiger partial charge in [0.1, 0.15) is 6.61 Å². The molecular weight excluding hydrogens is 324 g/mol. The van der Waals surface area contributed by atoms with Crippen LogP contribution in [0.15, 0.2) is 54.6 Å². The van der Waals surface area contributed by atoms with E-state index >= 15 is 0 Å². The van der Waals surface area contributed by atoms with Crippen LogP contribution in [0.3, 0.4) is 0 Å². The molecule has 0 atom stereocenters. The SMILES string of the molecule is O=C(Nc1ccc(C(=O)N2CCSC2)cc1)OCc1ccccc1. The normalized spacial score (nSPS) is 13.6. The third kappa shape index (κ3) is 4.29. The zero-order chi connectivity index (χ0) is 16.8. The molecule has 2 amide bonds. The molecule has 0 aromatic heterocycles. The van der Waals surface area contributed by atoms with Crippen molar-refractivity contribution in [3.63, 3.8) is 0 Å². The Hall–Kier alpha value is -2.47. The van der Waals surface area contributed by atoms with E-state index in [-0.39, 0.29) is 12.5 Å². The Kier molecular flexibility index (Phi) is 5.38. The highest BCUT2D eigenvalue weighted by Gasteiger charge is 2.19. The fraction of sp³-hybridized carbons (Fsp3) is 0.222. The summed E-state index contributed by atoms with van der Waals surface area (Å²) in [5, 5.41) is 2.66. The van der Waals surface area contributed by atoms with Gasteiger partial charge in [0.05, 0.1) is 5.88 Å². The summed E-state index contributed by atoms with van der Waals surface area (Å²) >= 11 is 1.75. The molecule has 1 aliphatic rings. The lowest BCUT2D eigenvalue weighted by molar-refractivity contribution is 0.0802. The number of hydrogen-bond donors (Lipinski definition) is 1. The fourth-order valence-corrected chi connectivity index (χ4v) is 3.28. The van der Waals surface area contributed by atoms with Crippen LogP contribution in [-0.2, 0) is 11.3 Å². The summed E-state index contributed by atoms with van der Waals surface area (Å²) < 4.78 is 5.16. The van der Waals surface area contributed by atoms with Crippen LogP contribution in [0, 0.1) is 0 Å². The Labute approximate surface area is 145 Å². The van der Waals surface area contributed by atoms with E-state index in [2.05, 4.69) is 5.32 Å². The molecule has 0 bridgehead atoms. The standard InChI is InChI=1S/C18H18N2O3S/c21-17(20-10-11-24-13-20)15-6-8-16(9-7-15)19-18(22)23-12-14-4-2-1-3-5-14/h1-9H,10-13H2,(H,19,22). The van der Waals surface area contributed by atoms with Gasteiger partial charge >= 0.3 is 6.09 Å². The monoisotopic (exact) mass is 342 g/mol. The Balaban J connectivity index is 1.52. The van der Waals surface area contributed by atoms with E-state index in [1.807, 2.05) is 35.2 Å². The van der Waals surface area contributed by atoms with E-state index < -0.39 is 6.09 Å². The minimum Gasteiger partial charge on any atom is -0.444 e. The first-order chi connectivity index (χ1) is 11.7. The van der Waals surface area contributed by atoms with Gasteiger partial charge in [0.15, 0.2) is 0 Å². The number of ether oxygens (including phenoxy) is 1. The summed E-state index contributed by atoms with van der Waals surface area (Å²) in [6, 6.07) is 16.3. The zero-order valence-corrected chi connectivity index (χ0v) is 13.9. The van der Waals surface area contributed by atoms with Crippen molar-refractivity contribution in [3.05, 3.63) is 65.7 Å². The van der Waals surface area contributed by atoms with E-state index in [1.165, 1.54) is 0 Å². The third-order valence-electron chi connectivity index (χ3n) is 3.63. The molecule has 0 unspecified atom stereocenters. The second-order valence-corrected chi connectivity index (χ2v) is 6.44. The number of hydrogen-bond acceptors (Lipinski definition) is 4. The van der Waals surface area contributed by atoms with Crippen LogP contribution in [0.25, 0.3) is 0 Å². The molecule has 0 saturated carbocycles. The van der Waals surface area contributed by atoms with Crippen molar-refractivity contribution in [2.75, 3.05) is 23.5 Å². The fourth-order valence-electron chi connectivity index (χ4n) is 2.33. The number of rotatable bonds is 4. The second kappa shape index (κ2) is 7.88. The van der Waals surface area contributed by atoms with E-state index in [0.29, 0.717) is 11.3 Å². The first kappa shape index (κ1) is 16.4. The molecule has 2 aromatic rings. The molecule has 5 nitrogen and oxygen atoms in total. The van der Waals surface area contributed by atoms with E-state index in [1.54, 1.807) is 36.0 Å². The van der Waals surface area contributed by atoms with Crippen molar-refractivity contribution in [2.45, 2.75) is 6.61 Å². The van der Waals surface area contributed by atoms with Crippen LogP contribution in [0.5, 0.6) is 0 Å². The molecule has 1 saturated heterocycles. The number of amides is 2. The van der Waals surface area contributed by atoms with Gasteiger partial charge in [-0.1, -0.05) is 30.3 Å². The molecule has 2 aromatic carbocycles. The second-order valence-electron chi connectivity index (χ2n) is 5.37. The number of benzene rings is 2. The minimum absolute atomic E-state index is 0.0261. The van der Waals surface area contributed by atoms with Gasteiger partial charge in [-0.25, -0.2) is 4.79 Å². The molecule has 124 valence electrons. The van der Waals surface area contributed by atoms with Crippen molar-refractivity contribution in [1.29, 1.82) is 0 Å². The van der Waals surface area contributed by atoms with Crippen molar-refractivity contribution < 1.29 is 14.3 Å². The molecule has 1 fully saturated rings. The number of carbonyl (C=O) groups excluding carboxylic acids is 2. The number of carbonyl (C=O) groups is 2. The van der Waals surface area contributed by atoms with Gasteiger partial charge < -0.3 is 9.64 Å². The predicted molar refractivity (Wildman–Crippen MR) is 95.1 cm³/mol. The Bertz CT molecular complexity index is 698. The smallest absolute Gasteiger partial charge is 0.411 e. The van der Waals surface area contributed by atoms with Gasteiger partial charge in [0.25, 0.3) is 5.91 Å². The number of anilines is 1. The molecule has 0 radical (unpaired) electrons. The largest absolute Gasteiger partial charge is 0.444 e. The first-order valence-electron chi connectivity index (χ1n) is 7.67. The average Bonchev–Trinajstić information content (AvgIpc) is 3.16. The Morgan fingerprint density at radius 2 is 1.83 bits per heavy atom. The lowest BCUT2D eigenvalue weighted by Gasteiger charge is -2.14. The van der Waals surface area contributed by atoms with Gasteiger partial charge in [-0.05, 0) is 29.8 Å². The van der Waals surface area contributed by atoms with Crippen LogP contribution >= 0.6 is 11.8 Å². The molecule has 0 aliphatic carbocycles. The average molecular weight is 342 g/mol. The summed E-state index contributed by atoms with van der Waals surface area (Å²) in [7, 11) is 0. The van der Waals surface area contributed by atoms with E-state index in [4.69, 9.17) is 4.74 Å². The molecule has 1 N–H and O–H groups in total. The molecule has 24 heavy (non-hydrogen) atoms. The minimum atomic E-state index is -0.520. The summed E-state index contributed by atoms with van der Waals surface area (Å²) in [6.07, 6.45) is -0.520. The van der Waals surface area contributed by atoms with Crippen molar-refractivity contribution in [3.8, 4) is 0 Å². The lowest BCUT2D eigenvalue weighted by Crippen LogP contribution is -2.27. The quantitative estimate of drug-likeness (QED) is 0.923. The van der Waals surface area contributed by atoms with Gasteiger partial charge in [-0.2, -0.15) is 0 Å². The Morgan fingerprint density at radius 3 is 2.50 bits per heavy atom. The van der Waals surface area contributed by atoms with Crippen molar-refractivity contribution >= 4 is 29.4 Å². The summed E-state index contributed by atoms with van der Waals surface area (Å²) in [5.74, 6) is 1.75. The number of thioether (sulfide) groups is 1. The predicted octanol–water partition coefficient (Wildman–Crippen LogP) is 3.58. The maximum absolute atomic E-state index is 12.2. The molecule has 1 heterocycles. The lowest BCUT2D eigenvalue weighted by atomic mass is 10.2. The van der Waals surface area contributed by atoms with Crippen LogP contribution in [-0.4, -0.2) is 35.1 Å². The van der Waals surface area contributed by atoms with Gasteiger partial charge in [0, 0.05) is 23.5 Å². The van der Waals surface area contributed by atoms with Gasteiger partial charge in [-0.3, -0.25) is 10.1 Å². The van der Waals surface area contributed by atoms with Crippen LogP contribution in [0.2, 0.25) is 0 Å². The molecule has 0 spiro atoms. The first-order valence-corrected chi connectivity index (χ1v) is 8.82. The Morgan fingerprint density at radius 1 is 1.08 bits per heavy atom. The summed E-state index contributed by atoms with van der Waals surface area (Å²) in [4.78, 5) is 25.9. The van der Waals surface area contributed by atoms with Crippen molar-refractivity contribution in [1.82, 2.24) is 4.90 Å². The highest BCUT2D eigenvalue weighted by molar-refractivity contribution is 7.99.